The fourth-order valence-corrected chi connectivity index (χ4v) is 2.58. The number of aryl methyl sites for hydroxylation is 1. The SMILES string of the molecule is CCCC.COC(C)n1cnc2c1c(=O)n(CCCO[PH](=O)O)c(=O)n2C. The van der Waals surface area contributed by atoms with Crippen molar-refractivity contribution in [1.29, 1.82) is 0 Å². The molecule has 2 atom stereocenters. The van der Waals surface area contributed by atoms with E-state index < -0.39 is 25.7 Å². The summed E-state index contributed by atoms with van der Waals surface area (Å²) in [7, 11) is 0.0172. The van der Waals surface area contributed by atoms with Crippen molar-refractivity contribution in [3.05, 3.63) is 27.2 Å². The highest BCUT2D eigenvalue weighted by molar-refractivity contribution is 7.32. The molecular weight excluding hydrogens is 375 g/mol. The van der Waals surface area contributed by atoms with Crippen LogP contribution in [-0.4, -0.2) is 37.3 Å². The molecule has 10 nitrogen and oxygen atoms in total. The number of hydrogen-bond acceptors (Lipinski definition) is 6. The van der Waals surface area contributed by atoms with Gasteiger partial charge in [-0.2, -0.15) is 0 Å². The number of unbranched alkanes of at least 4 members (excludes halogenated alkanes) is 1. The molecule has 11 heteroatoms. The van der Waals surface area contributed by atoms with Crippen LogP contribution in [0.1, 0.15) is 46.3 Å². The number of nitrogens with zero attached hydrogens (tertiary/aromatic N) is 4. The third-order valence-corrected chi connectivity index (χ3v) is 4.49. The van der Waals surface area contributed by atoms with E-state index in [0.717, 1.165) is 4.57 Å². The fourth-order valence-electron chi connectivity index (χ4n) is 2.26. The van der Waals surface area contributed by atoms with Crippen molar-refractivity contribution in [1.82, 2.24) is 18.7 Å². The molecule has 0 aliphatic heterocycles. The summed E-state index contributed by atoms with van der Waals surface area (Å²) >= 11 is 0. The molecule has 2 rings (SSSR count). The van der Waals surface area contributed by atoms with E-state index in [1.807, 2.05) is 0 Å². The van der Waals surface area contributed by atoms with E-state index in [-0.39, 0.29) is 30.7 Å². The van der Waals surface area contributed by atoms with Gasteiger partial charge in [0, 0.05) is 20.7 Å². The van der Waals surface area contributed by atoms with Crippen LogP contribution in [0.15, 0.2) is 15.9 Å². The highest BCUT2D eigenvalue weighted by atomic mass is 31.1. The summed E-state index contributed by atoms with van der Waals surface area (Å²) in [6.07, 6.45) is 3.93. The number of fused-ring (bicyclic) bond motifs is 1. The lowest BCUT2D eigenvalue weighted by Crippen LogP contribution is -2.40. The summed E-state index contributed by atoms with van der Waals surface area (Å²) in [5.74, 6) is 0. The molecule has 2 unspecified atom stereocenters. The van der Waals surface area contributed by atoms with E-state index in [9.17, 15) is 14.2 Å². The second kappa shape index (κ2) is 11.2. The minimum Gasteiger partial charge on any atom is -0.362 e. The largest absolute Gasteiger partial charge is 0.362 e. The van der Waals surface area contributed by atoms with Gasteiger partial charge in [0.2, 0.25) is 0 Å². The molecule has 0 amide bonds. The zero-order chi connectivity index (χ0) is 20.6. The number of aromatic nitrogens is 4. The monoisotopic (exact) mass is 404 g/mol. The Morgan fingerprint density at radius 2 is 1.93 bits per heavy atom. The van der Waals surface area contributed by atoms with Crippen molar-refractivity contribution in [3.63, 3.8) is 0 Å². The first kappa shape index (κ1) is 23.3. The smallest absolute Gasteiger partial charge is 0.332 e. The van der Waals surface area contributed by atoms with Crippen LogP contribution in [0.4, 0.5) is 0 Å². The first-order valence-corrected chi connectivity index (χ1v) is 10.1. The lowest BCUT2D eigenvalue weighted by atomic mass is 10.4. The summed E-state index contributed by atoms with van der Waals surface area (Å²) < 4.78 is 24.2. The third-order valence-electron chi connectivity index (χ3n) is 4.04. The Labute approximate surface area is 158 Å². The molecule has 0 aliphatic carbocycles. The Bertz CT molecular complexity index is 870. The summed E-state index contributed by atoms with van der Waals surface area (Å²) in [4.78, 5) is 37.6. The van der Waals surface area contributed by atoms with E-state index in [4.69, 9.17) is 9.63 Å². The Morgan fingerprint density at radius 3 is 2.44 bits per heavy atom. The maximum absolute atomic E-state index is 12.6. The van der Waals surface area contributed by atoms with Crippen LogP contribution in [0.25, 0.3) is 11.2 Å². The molecule has 2 aromatic rings. The summed E-state index contributed by atoms with van der Waals surface area (Å²) in [6, 6.07) is 0. The van der Waals surface area contributed by atoms with Crippen LogP contribution in [0, 0.1) is 0 Å². The topological polar surface area (TPSA) is 118 Å². The molecular formula is C16H29N4O6P. The Kier molecular flexibility index (Phi) is 9.65. The van der Waals surface area contributed by atoms with Crippen molar-refractivity contribution in [3.8, 4) is 0 Å². The highest BCUT2D eigenvalue weighted by Gasteiger charge is 2.18. The molecule has 0 aliphatic rings. The molecule has 1 N–H and O–H groups in total. The summed E-state index contributed by atoms with van der Waals surface area (Å²) in [6.45, 7) is 6.17. The second-order valence-corrected chi connectivity index (χ2v) is 6.75. The molecule has 27 heavy (non-hydrogen) atoms. The van der Waals surface area contributed by atoms with Crippen molar-refractivity contribution in [2.24, 2.45) is 7.05 Å². The lowest BCUT2D eigenvalue weighted by Gasteiger charge is -2.13. The van der Waals surface area contributed by atoms with Crippen molar-refractivity contribution >= 4 is 19.4 Å². The summed E-state index contributed by atoms with van der Waals surface area (Å²) in [5, 5.41) is 0. The zero-order valence-corrected chi connectivity index (χ0v) is 17.5. The van der Waals surface area contributed by atoms with E-state index in [0.29, 0.717) is 0 Å². The second-order valence-electron chi connectivity index (χ2n) is 5.93. The molecule has 0 fully saturated rings. The molecule has 0 spiro atoms. The molecule has 0 saturated carbocycles. The van der Waals surface area contributed by atoms with Crippen LogP contribution < -0.4 is 11.2 Å². The summed E-state index contributed by atoms with van der Waals surface area (Å²) in [5.41, 5.74) is -0.453. The van der Waals surface area contributed by atoms with Crippen molar-refractivity contribution in [2.45, 2.75) is 52.8 Å². The lowest BCUT2D eigenvalue weighted by molar-refractivity contribution is 0.0635. The highest BCUT2D eigenvalue weighted by Crippen LogP contribution is 2.15. The third kappa shape index (κ3) is 5.87. The van der Waals surface area contributed by atoms with Gasteiger partial charge in [-0.25, -0.2) is 9.78 Å². The van der Waals surface area contributed by atoms with E-state index in [1.165, 1.54) is 37.9 Å². The number of imidazole rings is 1. The molecule has 0 bridgehead atoms. The molecule has 0 aromatic carbocycles. The van der Waals surface area contributed by atoms with E-state index in [1.54, 1.807) is 11.5 Å². The van der Waals surface area contributed by atoms with Crippen molar-refractivity contribution < 1.29 is 18.7 Å². The first-order valence-electron chi connectivity index (χ1n) is 8.84. The number of methoxy groups -OCH3 is 1. The first-order chi connectivity index (χ1) is 12.8. The van der Waals surface area contributed by atoms with Gasteiger partial charge < -0.3 is 14.2 Å². The molecule has 154 valence electrons. The number of rotatable bonds is 8. The Hall–Kier alpha value is -1.74. The average Bonchev–Trinajstić information content (AvgIpc) is 3.10. The molecule has 2 heterocycles. The fraction of sp³-hybridized carbons (Fsp3) is 0.688. The zero-order valence-electron chi connectivity index (χ0n) is 16.5. The standard InChI is InChI=1S/C12H19N4O6P.C4H10/c1-8(21-3)16-7-13-10-9(16)11(17)15(12(18)14(10)2)5-4-6-22-23(19)20;1-3-4-2/h7-8,23H,4-6H2,1-3H3,(H,19,20);3-4H2,1-2H3. The van der Waals surface area contributed by atoms with Crippen LogP contribution in [0.5, 0.6) is 0 Å². The van der Waals surface area contributed by atoms with Gasteiger partial charge in [0.1, 0.15) is 6.23 Å². The van der Waals surface area contributed by atoms with Gasteiger partial charge >= 0.3 is 13.9 Å². The minimum absolute atomic E-state index is 0.0182. The van der Waals surface area contributed by atoms with Gasteiger partial charge in [-0.15, -0.1) is 0 Å². The van der Waals surface area contributed by atoms with Crippen LogP contribution in [0.2, 0.25) is 0 Å². The quantitative estimate of drug-likeness (QED) is 0.525. The molecule has 2 aromatic heterocycles. The maximum Gasteiger partial charge on any atom is 0.332 e. The van der Waals surface area contributed by atoms with Gasteiger partial charge in [-0.1, -0.05) is 26.7 Å². The van der Waals surface area contributed by atoms with E-state index >= 15 is 0 Å². The predicted molar refractivity (Wildman–Crippen MR) is 103 cm³/mol. The molecule has 0 radical (unpaired) electrons. The van der Waals surface area contributed by atoms with Crippen LogP contribution in [0.3, 0.4) is 0 Å². The van der Waals surface area contributed by atoms with Gasteiger partial charge in [0.25, 0.3) is 5.56 Å². The van der Waals surface area contributed by atoms with Crippen LogP contribution >= 0.6 is 8.25 Å². The molecule has 0 saturated heterocycles. The average molecular weight is 404 g/mol. The van der Waals surface area contributed by atoms with Gasteiger partial charge in [-0.3, -0.25) is 23.1 Å². The maximum atomic E-state index is 12.6. The van der Waals surface area contributed by atoms with Gasteiger partial charge in [-0.05, 0) is 13.3 Å². The van der Waals surface area contributed by atoms with Gasteiger partial charge in [0.05, 0.1) is 12.9 Å². The Balaban J connectivity index is 0.000000828. The number of hydrogen-bond donors (Lipinski definition) is 1. The van der Waals surface area contributed by atoms with Crippen LogP contribution in [-0.2, 0) is 27.4 Å². The minimum atomic E-state index is -3.01. The number of ether oxygens (including phenoxy) is 1. The normalized spacial score (nSPS) is 13.3. The van der Waals surface area contributed by atoms with Crippen molar-refractivity contribution in [2.75, 3.05) is 13.7 Å². The van der Waals surface area contributed by atoms with E-state index in [2.05, 4.69) is 23.4 Å². The Morgan fingerprint density at radius 1 is 1.30 bits per heavy atom. The van der Waals surface area contributed by atoms with Gasteiger partial charge in [0.15, 0.2) is 11.2 Å². The predicted octanol–water partition coefficient (Wildman–Crippen LogP) is 1.66.